The minimum atomic E-state index is -0.142. The van der Waals surface area contributed by atoms with Crippen LogP contribution in [-0.2, 0) is 11.3 Å². The summed E-state index contributed by atoms with van der Waals surface area (Å²) in [5.74, 6) is 0.614. The Bertz CT molecular complexity index is 1210. The topological polar surface area (TPSA) is 82.3 Å². The van der Waals surface area contributed by atoms with Gasteiger partial charge in [-0.1, -0.05) is 23.9 Å². The number of benzene rings is 1. The molecule has 1 aromatic carbocycles. The molecule has 2 aliphatic heterocycles. The van der Waals surface area contributed by atoms with E-state index in [-0.39, 0.29) is 18.1 Å². The molecule has 2 aromatic heterocycles. The molecular formula is C20H19N5O3S. The van der Waals surface area contributed by atoms with Crippen molar-refractivity contribution in [3.63, 3.8) is 0 Å². The molecule has 0 N–H and O–H groups in total. The van der Waals surface area contributed by atoms with Gasteiger partial charge in [-0.25, -0.2) is 19.3 Å². The number of carbonyl (C=O) groups excluding carboxylic acids is 1. The lowest BCUT2D eigenvalue weighted by molar-refractivity contribution is -0.121. The summed E-state index contributed by atoms with van der Waals surface area (Å²) >= 11 is 1.42. The standard InChI is InChI=1S/C20H19N5O3S/c1-29-20-21-11-14-18(22-20)25-13-6-7-16-15(10-13)23(17(26)12-28-16)8-4-2-3-5-9-24(25)19(14)27/h3,5-7,10-11H,2,4,8-9,12H2,1H3/b5-3-. The molecule has 29 heavy (non-hydrogen) atoms. The smallest absolute Gasteiger partial charge is 0.278 e. The maximum Gasteiger partial charge on any atom is 0.278 e. The third kappa shape index (κ3) is 2.93. The van der Waals surface area contributed by atoms with Gasteiger partial charge in [0.1, 0.15) is 11.1 Å². The number of rotatable bonds is 1. The van der Waals surface area contributed by atoms with Gasteiger partial charge >= 0.3 is 0 Å². The Morgan fingerprint density at radius 3 is 2.97 bits per heavy atom. The molecule has 2 aliphatic rings. The van der Waals surface area contributed by atoms with Crippen molar-refractivity contribution in [2.45, 2.75) is 24.5 Å². The van der Waals surface area contributed by atoms with Crippen LogP contribution in [0.2, 0.25) is 0 Å². The number of thioether (sulfide) groups is 1. The number of hydrogen-bond donors (Lipinski definition) is 0. The number of aromatic nitrogens is 4. The number of nitrogens with zero attached hydrogens (tertiary/aromatic N) is 5. The van der Waals surface area contributed by atoms with Crippen molar-refractivity contribution in [2.24, 2.45) is 0 Å². The Morgan fingerprint density at radius 1 is 1.21 bits per heavy atom. The van der Waals surface area contributed by atoms with Gasteiger partial charge in [0.05, 0.1) is 17.9 Å². The second-order valence-corrected chi connectivity index (χ2v) is 7.67. The van der Waals surface area contributed by atoms with Gasteiger partial charge in [-0.15, -0.1) is 0 Å². The summed E-state index contributed by atoms with van der Waals surface area (Å²) in [5.41, 5.74) is 1.88. The van der Waals surface area contributed by atoms with Crippen LogP contribution in [0.25, 0.3) is 16.7 Å². The number of hydrogen-bond acceptors (Lipinski definition) is 6. The van der Waals surface area contributed by atoms with Crippen molar-refractivity contribution in [1.29, 1.82) is 0 Å². The maximum atomic E-state index is 13.1. The molecule has 0 spiro atoms. The summed E-state index contributed by atoms with van der Waals surface area (Å²) in [5, 5.41) is 1.06. The van der Waals surface area contributed by atoms with E-state index >= 15 is 0 Å². The molecule has 8 nitrogen and oxygen atoms in total. The summed E-state index contributed by atoms with van der Waals surface area (Å²) in [4.78, 5) is 36.2. The molecule has 2 bridgehead atoms. The van der Waals surface area contributed by atoms with E-state index in [9.17, 15) is 9.59 Å². The fourth-order valence-electron chi connectivity index (χ4n) is 3.77. The van der Waals surface area contributed by atoms with Crippen LogP contribution in [-0.4, -0.2) is 44.6 Å². The Balaban J connectivity index is 1.81. The van der Waals surface area contributed by atoms with E-state index in [1.807, 2.05) is 35.2 Å². The fourth-order valence-corrected chi connectivity index (χ4v) is 4.10. The number of anilines is 1. The van der Waals surface area contributed by atoms with Crippen molar-refractivity contribution in [2.75, 3.05) is 24.3 Å². The number of fused-ring (bicyclic) bond motifs is 5. The quantitative estimate of drug-likeness (QED) is 0.349. The number of carbonyl (C=O) groups is 1. The highest BCUT2D eigenvalue weighted by molar-refractivity contribution is 7.98. The highest BCUT2D eigenvalue weighted by Gasteiger charge is 2.27. The van der Waals surface area contributed by atoms with Crippen LogP contribution in [0.1, 0.15) is 12.8 Å². The molecule has 0 fully saturated rings. The average molecular weight is 409 g/mol. The van der Waals surface area contributed by atoms with Crippen molar-refractivity contribution in [3.05, 3.63) is 46.9 Å². The van der Waals surface area contributed by atoms with E-state index in [2.05, 4.69) is 16.0 Å². The van der Waals surface area contributed by atoms with Crippen LogP contribution in [0.5, 0.6) is 5.75 Å². The maximum absolute atomic E-state index is 13.1. The van der Waals surface area contributed by atoms with Gasteiger partial charge in [0.2, 0.25) is 0 Å². The summed E-state index contributed by atoms with van der Waals surface area (Å²) in [6, 6.07) is 5.63. The van der Waals surface area contributed by atoms with Crippen molar-refractivity contribution < 1.29 is 9.53 Å². The highest BCUT2D eigenvalue weighted by atomic mass is 32.2. The van der Waals surface area contributed by atoms with E-state index in [0.717, 1.165) is 24.2 Å². The van der Waals surface area contributed by atoms with Crippen molar-refractivity contribution >= 4 is 34.4 Å². The predicted molar refractivity (Wildman–Crippen MR) is 111 cm³/mol. The molecular weight excluding hydrogens is 390 g/mol. The molecule has 148 valence electrons. The third-order valence-corrected chi connectivity index (χ3v) is 5.73. The van der Waals surface area contributed by atoms with Gasteiger partial charge in [-0.2, -0.15) is 0 Å². The predicted octanol–water partition coefficient (Wildman–Crippen LogP) is 2.38. The molecule has 1 amide bonds. The van der Waals surface area contributed by atoms with Crippen LogP contribution >= 0.6 is 11.8 Å². The Kier molecular flexibility index (Phi) is 4.39. The van der Waals surface area contributed by atoms with Crippen LogP contribution < -0.4 is 15.2 Å². The van der Waals surface area contributed by atoms with E-state index in [4.69, 9.17) is 4.74 Å². The second kappa shape index (κ2) is 7.07. The molecule has 5 rings (SSSR count). The van der Waals surface area contributed by atoms with Gasteiger partial charge in [-0.3, -0.25) is 9.59 Å². The minimum Gasteiger partial charge on any atom is -0.482 e. The lowest BCUT2D eigenvalue weighted by Gasteiger charge is -2.30. The normalized spacial score (nSPS) is 17.3. The lowest BCUT2D eigenvalue weighted by Crippen LogP contribution is -2.39. The first-order valence-corrected chi connectivity index (χ1v) is 10.6. The van der Waals surface area contributed by atoms with Crippen LogP contribution in [0, 0.1) is 0 Å². The molecule has 4 heterocycles. The zero-order valence-corrected chi connectivity index (χ0v) is 16.7. The first-order valence-electron chi connectivity index (χ1n) is 9.42. The SMILES string of the molecule is CSc1ncc2c(=O)n3n(c2n1)-c1ccc2c(c1)N(CCC/C=C\C3)C(=O)CO2. The molecule has 0 unspecified atom stereocenters. The molecule has 0 atom stereocenters. The summed E-state index contributed by atoms with van der Waals surface area (Å²) in [6.45, 7) is 1.10. The molecule has 0 saturated heterocycles. The number of ether oxygens (including phenoxy) is 1. The van der Waals surface area contributed by atoms with Gasteiger partial charge in [0.25, 0.3) is 11.5 Å². The Morgan fingerprint density at radius 2 is 2.10 bits per heavy atom. The van der Waals surface area contributed by atoms with Crippen LogP contribution in [0.3, 0.4) is 0 Å². The van der Waals surface area contributed by atoms with Gasteiger partial charge in [0, 0.05) is 12.7 Å². The van der Waals surface area contributed by atoms with Crippen molar-refractivity contribution in [1.82, 2.24) is 19.3 Å². The van der Waals surface area contributed by atoms with Crippen LogP contribution in [0.15, 0.2) is 46.5 Å². The molecule has 3 aromatic rings. The third-order valence-electron chi connectivity index (χ3n) is 5.16. The van der Waals surface area contributed by atoms with E-state index in [0.29, 0.717) is 35.0 Å². The van der Waals surface area contributed by atoms with Gasteiger partial charge < -0.3 is 9.64 Å². The van der Waals surface area contributed by atoms with Crippen LogP contribution in [0.4, 0.5) is 5.69 Å². The second-order valence-electron chi connectivity index (χ2n) is 6.89. The minimum absolute atomic E-state index is 0.0453. The Hall–Kier alpha value is -3.07. The molecule has 0 saturated carbocycles. The van der Waals surface area contributed by atoms with Gasteiger partial charge in [0.15, 0.2) is 17.4 Å². The molecule has 0 aliphatic carbocycles. The number of allylic oxidation sites excluding steroid dienone is 2. The van der Waals surface area contributed by atoms with Gasteiger partial charge in [-0.05, 0) is 37.3 Å². The van der Waals surface area contributed by atoms with Crippen molar-refractivity contribution in [3.8, 4) is 11.4 Å². The molecule has 0 radical (unpaired) electrons. The monoisotopic (exact) mass is 409 g/mol. The van der Waals surface area contributed by atoms with E-state index in [1.165, 1.54) is 11.8 Å². The summed E-state index contributed by atoms with van der Waals surface area (Å²) < 4.78 is 9.08. The van der Waals surface area contributed by atoms with E-state index < -0.39 is 0 Å². The Labute approximate surface area is 170 Å². The zero-order valence-electron chi connectivity index (χ0n) is 15.9. The summed E-state index contributed by atoms with van der Waals surface area (Å²) in [6.07, 6.45) is 9.18. The first-order chi connectivity index (χ1) is 14.2. The highest BCUT2D eigenvalue weighted by Crippen LogP contribution is 2.35. The zero-order chi connectivity index (χ0) is 20.0. The fraction of sp³-hybridized carbons (Fsp3) is 0.300. The lowest BCUT2D eigenvalue weighted by atomic mass is 10.1. The van der Waals surface area contributed by atoms with E-state index in [1.54, 1.807) is 15.8 Å². The summed E-state index contributed by atoms with van der Waals surface area (Å²) in [7, 11) is 0. The number of amides is 1. The average Bonchev–Trinajstić information content (AvgIpc) is 3.01. The largest absolute Gasteiger partial charge is 0.482 e. The molecule has 9 heteroatoms. The first kappa shape index (κ1) is 18.0.